The first kappa shape index (κ1) is 14.5. The van der Waals surface area contributed by atoms with Crippen molar-refractivity contribution in [1.29, 1.82) is 0 Å². The van der Waals surface area contributed by atoms with E-state index in [0.717, 1.165) is 0 Å². The molecule has 1 aromatic rings. The Balaban J connectivity index is 2.17. The summed E-state index contributed by atoms with van der Waals surface area (Å²) in [6, 6.07) is 0. The summed E-state index contributed by atoms with van der Waals surface area (Å²) < 4.78 is 42.8. The van der Waals surface area contributed by atoms with Crippen molar-refractivity contribution < 1.29 is 22.7 Å². The minimum absolute atomic E-state index is 0.0147. The van der Waals surface area contributed by atoms with Gasteiger partial charge in [-0.25, -0.2) is 9.78 Å². The number of nitrogens with zero attached hydrogens (tertiary/aromatic N) is 3. The zero-order valence-electron chi connectivity index (χ0n) is 10.9. The van der Waals surface area contributed by atoms with Crippen molar-refractivity contribution in [2.45, 2.75) is 19.0 Å². The highest BCUT2D eigenvalue weighted by molar-refractivity contribution is 5.87. The fourth-order valence-electron chi connectivity index (χ4n) is 2.16. The number of halogens is 3. The molecule has 0 radical (unpaired) electrons. The molecule has 0 aromatic carbocycles. The van der Waals surface area contributed by atoms with Crippen LogP contribution in [0.1, 0.15) is 23.3 Å². The maximum atomic E-state index is 12.8. The second-order valence-corrected chi connectivity index (χ2v) is 4.58. The van der Waals surface area contributed by atoms with Gasteiger partial charge in [-0.05, 0) is 12.8 Å². The molecule has 20 heavy (non-hydrogen) atoms. The lowest BCUT2D eigenvalue weighted by atomic mass is 9.97. The SMILES string of the molecule is COC(=O)c1cncc(N2CCCC(C(F)(F)F)C2)n1. The van der Waals surface area contributed by atoms with Gasteiger partial charge in [0, 0.05) is 13.1 Å². The van der Waals surface area contributed by atoms with Crippen molar-refractivity contribution in [2.24, 2.45) is 5.92 Å². The van der Waals surface area contributed by atoms with E-state index >= 15 is 0 Å². The second-order valence-electron chi connectivity index (χ2n) is 4.58. The summed E-state index contributed by atoms with van der Waals surface area (Å²) >= 11 is 0. The lowest BCUT2D eigenvalue weighted by Gasteiger charge is -2.34. The largest absolute Gasteiger partial charge is 0.464 e. The Labute approximate surface area is 113 Å². The Morgan fingerprint density at radius 1 is 1.45 bits per heavy atom. The molecule has 0 bridgehead atoms. The summed E-state index contributed by atoms with van der Waals surface area (Å²) in [5.41, 5.74) is -0.0147. The molecule has 0 N–H and O–H groups in total. The van der Waals surface area contributed by atoms with Crippen molar-refractivity contribution in [2.75, 3.05) is 25.1 Å². The number of hydrogen-bond acceptors (Lipinski definition) is 5. The molecular formula is C12H14F3N3O2. The van der Waals surface area contributed by atoms with E-state index in [1.54, 1.807) is 0 Å². The van der Waals surface area contributed by atoms with Gasteiger partial charge in [-0.15, -0.1) is 0 Å². The first-order valence-electron chi connectivity index (χ1n) is 6.14. The molecule has 2 heterocycles. The predicted molar refractivity (Wildman–Crippen MR) is 64.4 cm³/mol. The van der Waals surface area contributed by atoms with Crippen molar-refractivity contribution in [3.05, 3.63) is 18.1 Å². The Morgan fingerprint density at radius 3 is 2.85 bits per heavy atom. The molecule has 110 valence electrons. The smallest absolute Gasteiger partial charge is 0.393 e. The fourth-order valence-corrected chi connectivity index (χ4v) is 2.16. The quantitative estimate of drug-likeness (QED) is 0.780. The Morgan fingerprint density at radius 2 is 2.20 bits per heavy atom. The van der Waals surface area contributed by atoms with Gasteiger partial charge < -0.3 is 9.64 Å². The van der Waals surface area contributed by atoms with Gasteiger partial charge in [-0.3, -0.25) is 4.98 Å². The minimum atomic E-state index is -4.22. The molecular weight excluding hydrogens is 275 g/mol. The summed E-state index contributed by atoms with van der Waals surface area (Å²) in [7, 11) is 1.21. The van der Waals surface area contributed by atoms with Crippen LogP contribution in [0.5, 0.6) is 0 Å². The third-order valence-electron chi connectivity index (χ3n) is 3.22. The van der Waals surface area contributed by atoms with Crippen molar-refractivity contribution in [3.63, 3.8) is 0 Å². The number of carbonyl (C=O) groups excluding carboxylic acids is 1. The standard InChI is InChI=1S/C12H14F3N3O2/c1-20-11(19)9-5-16-6-10(17-9)18-4-2-3-8(7-18)12(13,14)15/h5-6,8H,2-4,7H2,1H3. The number of methoxy groups -OCH3 is 1. The summed E-state index contributed by atoms with van der Waals surface area (Å²) in [5.74, 6) is -1.77. The summed E-state index contributed by atoms with van der Waals surface area (Å²) in [6.45, 7) is 0.300. The molecule has 0 aliphatic carbocycles. The van der Waals surface area contributed by atoms with Crippen LogP contribution >= 0.6 is 0 Å². The number of rotatable bonds is 2. The normalized spacial score (nSPS) is 19.8. The van der Waals surface area contributed by atoms with Gasteiger partial charge in [0.25, 0.3) is 0 Å². The Hall–Kier alpha value is -1.86. The molecule has 0 spiro atoms. The molecule has 0 saturated carbocycles. The summed E-state index contributed by atoms with van der Waals surface area (Å²) in [6.07, 6.45) is -1.10. The molecule has 2 rings (SSSR count). The molecule has 1 atom stereocenters. The van der Waals surface area contributed by atoms with Crippen molar-refractivity contribution in [1.82, 2.24) is 9.97 Å². The lowest BCUT2D eigenvalue weighted by molar-refractivity contribution is -0.176. The minimum Gasteiger partial charge on any atom is -0.464 e. The van der Waals surface area contributed by atoms with Crippen LogP contribution in [-0.4, -0.2) is 42.3 Å². The van der Waals surface area contributed by atoms with Crippen molar-refractivity contribution in [3.8, 4) is 0 Å². The van der Waals surface area contributed by atoms with Gasteiger partial charge >= 0.3 is 12.1 Å². The van der Waals surface area contributed by atoms with Crippen molar-refractivity contribution >= 4 is 11.8 Å². The molecule has 1 fully saturated rings. The Kier molecular flexibility index (Phi) is 4.10. The number of alkyl halides is 3. The van der Waals surface area contributed by atoms with Crippen LogP contribution in [0.4, 0.5) is 19.0 Å². The molecule has 5 nitrogen and oxygen atoms in total. The number of piperidine rings is 1. The van der Waals surface area contributed by atoms with E-state index in [1.807, 2.05) is 0 Å². The number of ether oxygens (including phenoxy) is 1. The predicted octanol–water partition coefficient (Wildman–Crippen LogP) is 2.04. The molecule has 0 amide bonds. The fraction of sp³-hybridized carbons (Fsp3) is 0.583. The molecule has 1 unspecified atom stereocenters. The van der Waals surface area contributed by atoms with Gasteiger partial charge in [0.15, 0.2) is 5.69 Å². The number of hydrogen-bond donors (Lipinski definition) is 0. The van der Waals surface area contributed by atoms with Crippen LogP contribution in [0.2, 0.25) is 0 Å². The van der Waals surface area contributed by atoms with Gasteiger partial charge in [-0.1, -0.05) is 0 Å². The van der Waals surface area contributed by atoms with E-state index in [2.05, 4.69) is 14.7 Å². The number of esters is 1. The van der Waals surface area contributed by atoms with E-state index in [0.29, 0.717) is 13.0 Å². The third kappa shape index (κ3) is 3.17. The van der Waals surface area contributed by atoms with Crippen LogP contribution in [0.25, 0.3) is 0 Å². The first-order valence-corrected chi connectivity index (χ1v) is 6.14. The van der Waals surface area contributed by atoms with E-state index < -0.39 is 18.1 Å². The van der Waals surface area contributed by atoms with E-state index in [9.17, 15) is 18.0 Å². The monoisotopic (exact) mass is 289 g/mol. The topological polar surface area (TPSA) is 55.3 Å². The molecule has 1 aromatic heterocycles. The van der Waals surface area contributed by atoms with Crippen LogP contribution in [0.3, 0.4) is 0 Å². The number of carbonyl (C=O) groups is 1. The van der Waals surface area contributed by atoms with Crippen LogP contribution in [0, 0.1) is 5.92 Å². The third-order valence-corrected chi connectivity index (χ3v) is 3.22. The van der Waals surface area contributed by atoms with Gasteiger partial charge in [-0.2, -0.15) is 13.2 Å². The zero-order valence-corrected chi connectivity index (χ0v) is 10.9. The highest BCUT2D eigenvalue weighted by Crippen LogP contribution is 2.34. The summed E-state index contributed by atoms with van der Waals surface area (Å²) in [4.78, 5) is 20.7. The zero-order chi connectivity index (χ0) is 14.8. The van der Waals surface area contributed by atoms with Crippen LogP contribution in [0.15, 0.2) is 12.4 Å². The average Bonchev–Trinajstić information content (AvgIpc) is 2.46. The van der Waals surface area contributed by atoms with E-state index in [-0.39, 0.29) is 24.5 Å². The maximum absolute atomic E-state index is 12.8. The average molecular weight is 289 g/mol. The number of aromatic nitrogens is 2. The lowest BCUT2D eigenvalue weighted by Crippen LogP contribution is -2.42. The molecule has 8 heteroatoms. The van der Waals surface area contributed by atoms with Crippen LogP contribution in [-0.2, 0) is 4.74 Å². The van der Waals surface area contributed by atoms with Gasteiger partial charge in [0.2, 0.25) is 0 Å². The van der Waals surface area contributed by atoms with E-state index in [1.165, 1.54) is 24.4 Å². The van der Waals surface area contributed by atoms with E-state index in [4.69, 9.17) is 0 Å². The highest BCUT2D eigenvalue weighted by atomic mass is 19.4. The second kappa shape index (κ2) is 5.64. The molecule has 1 saturated heterocycles. The van der Waals surface area contributed by atoms with Crippen LogP contribution < -0.4 is 4.90 Å². The highest BCUT2D eigenvalue weighted by Gasteiger charge is 2.42. The maximum Gasteiger partial charge on any atom is 0.393 e. The van der Waals surface area contributed by atoms with Gasteiger partial charge in [0.1, 0.15) is 5.82 Å². The number of anilines is 1. The molecule has 1 aliphatic rings. The molecule has 1 aliphatic heterocycles. The summed E-state index contributed by atoms with van der Waals surface area (Å²) in [5, 5.41) is 0. The van der Waals surface area contributed by atoms with Gasteiger partial charge in [0.05, 0.1) is 25.4 Å². The Bertz CT molecular complexity index is 493. The first-order chi connectivity index (χ1) is 9.41.